The third-order valence-corrected chi connectivity index (χ3v) is 3.46. The minimum absolute atomic E-state index is 0.0874. The molecule has 0 spiro atoms. The zero-order valence-electron chi connectivity index (χ0n) is 12.9. The molecule has 0 saturated heterocycles. The van der Waals surface area contributed by atoms with E-state index in [1.807, 2.05) is 6.08 Å². The first-order valence-electron chi connectivity index (χ1n) is 8.07. The van der Waals surface area contributed by atoms with Crippen LogP contribution in [0.2, 0.25) is 0 Å². The third-order valence-electron chi connectivity index (χ3n) is 3.46. The van der Waals surface area contributed by atoms with Crippen LogP contribution in [0, 0.1) is 0 Å². The van der Waals surface area contributed by atoms with E-state index in [9.17, 15) is 4.79 Å². The van der Waals surface area contributed by atoms with Gasteiger partial charge in [-0.15, -0.1) is 0 Å². The monoisotopic (exact) mass is 292 g/mol. The second-order valence-electron chi connectivity index (χ2n) is 5.41. The standard InChI is InChI=1S/C18H28O3/c19-18(20)16-17-14-12-10-8-6-4-2-1-3-5-7-9-11-13-15-21-17/h1,3-4,6,10,12,17H,2,5,7-9,11,13-16H2,(H,19,20)/b3-1-,6-4+,12-10-. The first kappa shape index (κ1) is 17.7. The molecule has 0 bridgehead atoms. The van der Waals surface area contributed by atoms with Crippen LogP contribution < -0.4 is 0 Å². The van der Waals surface area contributed by atoms with Crippen molar-refractivity contribution in [2.45, 2.75) is 63.9 Å². The molecule has 0 radical (unpaired) electrons. The van der Waals surface area contributed by atoms with E-state index in [-0.39, 0.29) is 12.5 Å². The molecule has 0 amide bonds. The van der Waals surface area contributed by atoms with E-state index >= 15 is 0 Å². The fraction of sp³-hybridized carbons (Fsp3) is 0.611. The van der Waals surface area contributed by atoms with Gasteiger partial charge >= 0.3 is 5.97 Å². The Morgan fingerprint density at radius 3 is 2.38 bits per heavy atom. The van der Waals surface area contributed by atoms with Gasteiger partial charge in [0.15, 0.2) is 0 Å². The molecular formula is C18H28O3. The second kappa shape index (κ2) is 12.4. The van der Waals surface area contributed by atoms with E-state index in [1.54, 1.807) is 0 Å². The van der Waals surface area contributed by atoms with E-state index < -0.39 is 5.97 Å². The maximum Gasteiger partial charge on any atom is 0.305 e. The van der Waals surface area contributed by atoms with Gasteiger partial charge in [-0.3, -0.25) is 4.79 Å². The summed E-state index contributed by atoms with van der Waals surface area (Å²) in [6, 6.07) is 0. The summed E-state index contributed by atoms with van der Waals surface area (Å²) in [6.45, 7) is 0.668. The lowest BCUT2D eigenvalue weighted by Gasteiger charge is -2.14. The highest BCUT2D eigenvalue weighted by atomic mass is 16.5. The smallest absolute Gasteiger partial charge is 0.305 e. The molecule has 1 rings (SSSR count). The fourth-order valence-corrected chi connectivity index (χ4v) is 2.28. The van der Waals surface area contributed by atoms with Gasteiger partial charge in [0.1, 0.15) is 0 Å². The van der Waals surface area contributed by atoms with Crippen molar-refractivity contribution in [3.63, 3.8) is 0 Å². The van der Waals surface area contributed by atoms with Gasteiger partial charge in [0.2, 0.25) is 0 Å². The Labute approximate surface area is 128 Å². The van der Waals surface area contributed by atoms with Crippen LogP contribution in [0.3, 0.4) is 0 Å². The summed E-state index contributed by atoms with van der Waals surface area (Å²) < 4.78 is 5.71. The van der Waals surface area contributed by atoms with Crippen molar-refractivity contribution in [2.75, 3.05) is 6.61 Å². The molecule has 21 heavy (non-hydrogen) atoms. The number of hydrogen-bond donors (Lipinski definition) is 1. The number of hydrogen-bond acceptors (Lipinski definition) is 2. The van der Waals surface area contributed by atoms with Crippen LogP contribution in [0.4, 0.5) is 0 Å². The summed E-state index contributed by atoms with van der Waals surface area (Å²) in [5, 5.41) is 8.91. The third kappa shape index (κ3) is 11.0. The van der Waals surface area contributed by atoms with E-state index in [0.29, 0.717) is 13.0 Å². The van der Waals surface area contributed by atoms with Crippen molar-refractivity contribution in [2.24, 2.45) is 0 Å². The average Bonchev–Trinajstić information content (AvgIpc) is 2.45. The lowest BCUT2D eigenvalue weighted by molar-refractivity contribution is -0.140. The van der Waals surface area contributed by atoms with Crippen molar-refractivity contribution in [1.82, 2.24) is 0 Å². The van der Waals surface area contributed by atoms with Gasteiger partial charge in [-0.25, -0.2) is 0 Å². The maximum absolute atomic E-state index is 10.8. The van der Waals surface area contributed by atoms with E-state index in [4.69, 9.17) is 9.84 Å². The Morgan fingerprint density at radius 2 is 1.62 bits per heavy atom. The normalized spacial score (nSPS) is 27.3. The van der Waals surface area contributed by atoms with Crippen LogP contribution in [0.5, 0.6) is 0 Å². The molecule has 3 nitrogen and oxygen atoms in total. The van der Waals surface area contributed by atoms with Crippen molar-refractivity contribution in [1.29, 1.82) is 0 Å². The van der Waals surface area contributed by atoms with E-state index in [0.717, 1.165) is 32.1 Å². The highest BCUT2D eigenvalue weighted by Gasteiger charge is 2.11. The highest BCUT2D eigenvalue weighted by molar-refractivity contribution is 5.67. The Balaban J connectivity index is 2.44. The number of carbonyl (C=O) groups is 1. The molecule has 1 heterocycles. The molecule has 1 aliphatic rings. The molecule has 1 aliphatic heterocycles. The van der Waals surface area contributed by atoms with Crippen LogP contribution in [-0.4, -0.2) is 23.8 Å². The SMILES string of the molecule is O=C(O)CC1C/C=C\C/C=C/C/C=C\CCCCCCO1. The van der Waals surface area contributed by atoms with Gasteiger partial charge < -0.3 is 9.84 Å². The molecule has 118 valence electrons. The Hall–Kier alpha value is -1.35. The summed E-state index contributed by atoms with van der Waals surface area (Å²) >= 11 is 0. The first-order chi connectivity index (χ1) is 10.3. The summed E-state index contributed by atoms with van der Waals surface area (Å²) in [7, 11) is 0. The van der Waals surface area contributed by atoms with Crippen LogP contribution in [-0.2, 0) is 9.53 Å². The molecule has 1 N–H and O–H groups in total. The molecule has 1 unspecified atom stereocenters. The molecule has 0 saturated carbocycles. The lowest BCUT2D eigenvalue weighted by Crippen LogP contribution is -2.17. The molecule has 0 aromatic rings. The van der Waals surface area contributed by atoms with Crippen LogP contribution >= 0.6 is 0 Å². The Kier molecular flexibility index (Phi) is 10.4. The topological polar surface area (TPSA) is 46.5 Å². The van der Waals surface area contributed by atoms with Crippen molar-refractivity contribution >= 4 is 5.97 Å². The van der Waals surface area contributed by atoms with Crippen LogP contribution in [0.1, 0.15) is 57.8 Å². The number of ether oxygens (including phenoxy) is 1. The maximum atomic E-state index is 10.8. The second-order valence-corrected chi connectivity index (χ2v) is 5.41. The molecule has 0 aromatic heterocycles. The molecule has 0 fully saturated rings. The van der Waals surface area contributed by atoms with Crippen molar-refractivity contribution in [3.8, 4) is 0 Å². The van der Waals surface area contributed by atoms with Gasteiger partial charge in [0.05, 0.1) is 12.5 Å². The molecule has 1 atom stereocenters. The highest BCUT2D eigenvalue weighted by Crippen LogP contribution is 2.10. The molecular weight excluding hydrogens is 264 g/mol. The number of rotatable bonds is 2. The van der Waals surface area contributed by atoms with Crippen molar-refractivity contribution < 1.29 is 14.6 Å². The fourth-order valence-electron chi connectivity index (χ4n) is 2.28. The number of aliphatic carboxylic acids is 1. The average molecular weight is 292 g/mol. The van der Waals surface area contributed by atoms with E-state index in [2.05, 4.69) is 30.4 Å². The quantitative estimate of drug-likeness (QED) is 0.754. The Bertz CT molecular complexity index is 355. The van der Waals surface area contributed by atoms with Crippen LogP contribution in [0.15, 0.2) is 36.5 Å². The molecule has 0 aromatic carbocycles. The van der Waals surface area contributed by atoms with Crippen LogP contribution in [0.25, 0.3) is 0 Å². The minimum Gasteiger partial charge on any atom is -0.481 e. The summed E-state index contributed by atoms with van der Waals surface area (Å²) in [6.07, 6.45) is 21.1. The summed E-state index contributed by atoms with van der Waals surface area (Å²) in [5.74, 6) is -0.787. The zero-order valence-corrected chi connectivity index (χ0v) is 12.9. The predicted molar refractivity (Wildman–Crippen MR) is 86.3 cm³/mol. The number of allylic oxidation sites excluding steroid dienone is 5. The largest absolute Gasteiger partial charge is 0.481 e. The summed E-state index contributed by atoms with van der Waals surface area (Å²) in [5.41, 5.74) is 0. The van der Waals surface area contributed by atoms with Gasteiger partial charge in [0, 0.05) is 6.61 Å². The lowest BCUT2D eigenvalue weighted by atomic mass is 10.1. The number of carboxylic acid groups (broad SMARTS) is 1. The predicted octanol–water partition coefficient (Wildman–Crippen LogP) is 4.65. The Morgan fingerprint density at radius 1 is 0.952 bits per heavy atom. The minimum atomic E-state index is -0.787. The summed E-state index contributed by atoms with van der Waals surface area (Å²) in [4.78, 5) is 10.8. The van der Waals surface area contributed by atoms with Gasteiger partial charge in [-0.05, 0) is 38.5 Å². The van der Waals surface area contributed by atoms with Gasteiger partial charge in [-0.2, -0.15) is 0 Å². The first-order valence-corrected chi connectivity index (χ1v) is 8.07. The molecule has 3 heteroatoms. The molecule has 0 aliphatic carbocycles. The number of carboxylic acids is 1. The zero-order chi connectivity index (χ0) is 15.2. The van der Waals surface area contributed by atoms with Crippen molar-refractivity contribution in [3.05, 3.63) is 36.5 Å². The van der Waals surface area contributed by atoms with E-state index in [1.165, 1.54) is 12.8 Å². The van der Waals surface area contributed by atoms with Gasteiger partial charge in [0.25, 0.3) is 0 Å². The van der Waals surface area contributed by atoms with Gasteiger partial charge in [-0.1, -0.05) is 49.3 Å².